The Morgan fingerprint density at radius 3 is 2.50 bits per heavy atom. The molecule has 5 nitrogen and oxygen atoms in total. The molecule has 112 valence electrons. The standard InChI is InChI=1S/C14H23N3O2S/c1-10-7-13(15)8-14(12(10)3)20(18,19)17-6-5-16(4)11(2)9-17/h7-8,11H,5-6,9,15H2,1-4H3. The molecule has 1 atom stereocenters. The first-order valence-corrected chi connectivity index (χ1v) is 8.24. The third-order valence-electron chi connectivity index (χ3n) is 4.18. The van der Waals surface area contributed by atoms with Gasteiger partial charge >= 0.3 is 0 Å². The maximum atomic E-state index is 12.8. The highest BCUT2D eigenvalue weighted by atomic mass is 32.2. The predicted molar refractivity (Wildman–Crippen MR) is 81.2 cm³/mol. The van der Waals surface area contributed by atoms with E-state index in [0.29, 0.717) is 23.7 Å². The molecule has 0 aromatic heterocycles. The molecule has 1 aliphatic heterocycles. The third kappa shape index (κ3) is 2.68. The van der Waals surface area contributed by atoms with Gasteiger partial charge in [0.05, 0.1) is 4.90 Å². The summed E-state index contributed by atoms with van der Waals surface area (Å²) in [6.07, 6.45) is 0. The largest absolute Gasteiger partial charge is 0.399 e. The highest BCUT2D eigenvalue weighted by molar-refractivity contribution is 7.89. The number of nitrogen functional groups attached to an aromatic ring is 1. The van der Waals surface area contributed by atoms with E-state index in [0.717, 1.165) is 17.7 Å². The number of piperazine rings is 1. The molecule has 0 aliphatic carbocycles. The van der Waals surface area contributed by atoms with Crippen molar-refractivity contribution in [2.75, 3.05) is 32.4 Å². The molecular formula is C14H23N3O2S. The van der Waals surface area contributed by atoms with Crippen LogP contribution in [0.5, 0.6) is 0 Å². The average molecular weight is 297 g/mol. The highest BCUT2D eigenvalue weighted by Crippen LogP contribution is 2.26. The zero-order chi connectivity index (χ0) is 15.1. The van der Waals surface area contributed by atoms with Gasteiger partial charge in [0, 0.05) is 31.4 Å². The maximum Gasteiger partial charge on any atom is 0.243 e. The molecule has 1 aromatic carbocycles. The first-order chi connectivity index (χ1) is 9.23. The number of likely N-dealkylation sites (N-methyl/N-ethyl adjacent to an activating group) is 1. The first kappa shape index (κ1) is 15.3. The van der Waals surface area contributed by atoms with Gasteiger partial charge in [-0.1, -0.05) is 0 Å². The summed E-state index contributed by atoms with van der Waals surface area (Å²) in [5.74, 6) is 0. The Hall–Kier alpha value is -1.11. The summed E-state index contributed by atoms with van der Waals surface area (Å²) in [6, 6.07) is 3.60. The molecular weight excluding hydrogens is 274 g/mol. The van der Waals surface area contributed by atoms with Crippen LogP contribution < -0.4 is 5.73 Å². The monoisotopic (exact) mass is 297 g/mol. The summed E-state index contributed by atoms with van der Waals surface area (Å²) < 4.78 is 27.2. The minimum absolute atomic E-state index is 0.223. The Balaban J connectivity index is 2.41. The molecule has 6 heteroatoms. The first-order valence-electron chi connectivity index (χ1n) is 6.80. The van der Waals surface area contributed by atoms with Crippen LogP contribution in [0.15, 0.2) is 17.0 Å². The van der Waals surface area contributed by atoms with Crippen molar-refractivity contribution < 1.29 is 8.42 Å². The van der Waals surface area contributed by atoms with Crippen LogP contribution in [0.4, 0.5) is 5.69 Å². The molecule has 1 fully saturated rings. The maximum absolute atomic E-state index is 12.8. The fraction of sp³-hybridized carbons (Fsp3) is 0.571. The summed E-state index contributed by atoms with van der Waals surface area (Å²) in [4.78, 5) is 2.51. The van der Waals surface area contributed by atoms with Crippen molar-refractivity contribution in [1.29, 1.82) is 0 Å². The highest BCUT2D eigenvalue weighted by Gasteiger charge is 2.32. The van der Waals surface area contributed by atoms with Crippen LogP contribution in [0.2, 0.25) is 0 Å². The van der Waals surface area contributed by atoms with Gasteiger partial charge in [-0.05, 0) is 51.1 Å². The SMILES string of the molecule is Cc1cc(N)cc(S(=O)(=O)N2CCN(C)C(C)C2)c1C. The van der Waals surface area contributed by atoms with Gasteiger partial charge in [0.2, 0.25) is 10.0 Å². The minimum atomic E-state index is -3.47. The van der Waals surface area contributed by atoms with Gasteiger partial charge in [0.15, 0.2) is 0 Å². The summed E-state index contributed by atoms with van der Waals surface area (Å²) in [5, 5.41) is 0. The third-order valence-corrected chi connectivity index (χ3v) is 6.17. The fourth-order valence-corrected chi connectivity index (χ4v) is 4.34. The Bertz CT molecular complexity index is 613. The van der Waals surface area contributed by atoms with E-state index in [1.165, 1.54) is 0 Å². The molecule has 20 heavy (non-hydrogen) atoms. The van der Waals surface area contributed by atoms with E-state index in [9.17, 15) is 8.42 Å². The number of aryl methyl sites for hydroxylation is 1. The number of anilines is 1. The molecule has 0 spiro atoms. The van der Waals surface area contributed by atoms with Crippen LogP contribution in [-0.2, 0) is 10.0 Å². The summed E-state index contributed by atoms with van der Waals surface area (Å²) in [7, 11) is -1.45. The number of rotatable bonds is 2. The van der Waals surface area contributed by atoms with Crippen molar-refractivity contribution in [2.45, 2.75) is 31.7 Å². The molecule has 0 bridgehead atoms. The average Bonchev–Trinajstić information content (AvgIpc) is 2.36. The topological polar surface area (TPSA) is 66.6 Å². The molecule has 0 amide bonds. The molecule has 0 saturated carbocycles. The molecule has 1 heterocycles. The van der Waals surface area contributed by atoms with Crippen LogP contribution in [-0.4, -0.2) is 50.3 Å². The Kier molecular flexibility index (Phi) is 4.09. The van der Waals surface area contributed by atoms with Gasteiger partial charge in [-0.15, -0.1) is 0 Å². The predicted octanol–water partition coefficient (Wildman–Crippen LogP) is 1.21. The summed E-state index contributed by atoms with van der Waals surface area (Å²) >= 11 is 0. The van der Waals surface area contributed by atoms with Crippen molar-refractivity contribution >= 4 is 15.7 Å². The second-order valence-electron chi connectivity index (χ2n) is 5.65. The van der Waals surface area contributed by atoms with E-state index in [4.69, 9.17) is 5.73 Å². The fourth-order valence-electron chi connectivity index (χ4n) is 2.49. The van der Waals surface area contributed by atoms with Gasteiger partial charge in [-0.3, -0.25) is 0 Å². The van der Waals surface area contributed by atoms with Crippen LogP contribution in [0.1, 0.15) is 18.1 Å². The van der Waals surface area contributed by atoms with E-state index in [2.05, 4.69) is 4.90 Å². The lowest BCUT2D eigenvalue weighted by molar-refractivity contribution is 0.159. The van der Waals surface area contributed by atoms with Crippen molar-refractivity contribution in [3.63, 3.8) is 0 Å². The number of benzene rings is 1. The van der Waals surface area contributed by atoms with E-state index in [1.807, 2.05) is 27.8 Å². The number of nitrogens with two attached hydrogens (primary N) is 1. The summed E-state index contributed by atoms with van der Waals surface area (Å²) in [6.45, 7) is 7.56. The minimum Gasteiger partial charge on any atom is -0.399 e. The van der Waals surface area contributed by atoms with Crippen molar-refractivity contribution in [1.82, 2.24) is 9.21 Å². The van der Waals surface area contributed by atoms with Crippen LogP contribution in [0.3, 0.4) is 0 Å². The quantitative estimate of drug-likeness (QED) is 0.833. The molecule has 1 saturated heterocycles. The zero-order valence-electron chi connectivity index (χ0n) is 12.5. The molecule has 1 aromatic rings. The Labute approximate surface area is 121 Å². The van der Waals surface area contributed by atoms with E-state index in [-0.39, 0.29) is 6.04 Å². The van der Waals surface area contributed by atoms with Crippen LogP contribution >= 0.6 is 0 Å². The van der Waals surface area contributed by atoms with E-state index in [1.54, 1.807) is 16.4 Å². The normalized spacial score (nSPS) is 22.1. The van der Waals surface area contributed by atoms with E-state index >= 15 is 0 Å². The molecule has 1 aliphatic rings. The number of nitrogens with zero attached hydrogens (tertiary/aromatic N) is 2. The van der Waals surface area contributed by atoms with E-state index < -0.39 is 10.0 Å². The second-order valence-corrected chi connectivity index (χ2v) is 7.56. The van der Waals surface area contributed by atoms with Gasteiger partial charge < -0.3 is 10.6 Å². The molecule has 2 N–H and O–H groups in total. The number of hydrogen-bond donors (Lipinski definition) is 1. The smallest absolute Gasteiger partial charge is 0.243 e. The Morgan fingerprint density at radius 1 is 1.25 bits per heavy atom. The number of hydrogen-bond acceptors (Lipinski definition) is 4. The lowest BCUT2D eigenvalue weighted by Gasteiger charge is -2.37. The molecule has 2 rings (SSSR count). The van der Waals surface area contributed by atoms with Crippen molar-refractivity contribution in [3.8, 4) is 0 Å². The molecule has 1 unspecified atom stereocenters. The lowest BCUT2D eigenvalue weighted by atomic mass is 10.1. The zero-order valence-corrected chi connectivity index (χ0v) is 13.4. The Morgan fingerprint density at radius 2 is 1.90 bits per heavy atom. The van der Waals surface area contributed by atoms with Crippen molar-refractivity contribution in [2.24, 2.45) is 0 Å². The molecule has 0 radical (unpaired) electrons. The van der Waals surface area contributed by atoms with Crippen LogP contribution in [0, 0.1) is 13.8 Å². The number of sulfonamides is 1. The van der Waals surface area contributed by atoms with Gasteiger partial charge in [-0.2, -0.15) is 4.31 Å². The van der Waals surface area contributed by atoms with Gasteiger partial charge in [0.25, 0.3) is 0 Å². The van der Waals surface area contributed by atoms with Gasteiger partial charge in [-0.25, -0.2) is 8.42 Å². The van der Waals surface area contributed by atoms with Gasteiger partial charge in [0.1, 0.15) is 0 Å². The lowest BCUT2D eigenvalue weighted by Crippen LogP contribution is -2.51. The van der Waals surface area contributed by atoms with Crippen molar-refractivity contribution in [3.05, 3.63) is 23.3 Å². The second kappa shape index (κ2) is 5.35. The summed E-state index contributed by atoms with van der Waals surface area (Å²) in [5.41, 5.74) is 8.00. The van der Waals surface area contributed by atoms with Crippen LogP contribution in [0.25, 0.3) is 0 Å².